The van der Waals surface area contributed by atoms with Crippen LogP contribution in [-0.2, 0) is 6.42 Å². The van der Waals surface area contributed by atoms with Crippen molar-refractivity contribution in [2.24, 2.45) is 0 Å². The number of nitrogens with zero attached hydrogens (tertiary/aromatic N) is 1. The molecule has 1 amide bonds. The van der Waals surface area contributed by atoms with Gasteiger partial charge in [0.05, 0.1) is 4.88 Å². The number of carbonyl (C=O) groups is 1. The lowest BCUT2D eigenvalue weighted by atomic mass is 9.99. The van der Waals surface area contributed by atoms with E-state index in [9.17, 15) is 4.79 Å². The predicted octanol–water partition coefficient (Wildman–Crippen LogP) is 3.68. The first-order valence-electron chi connectivity index (χ1n) is 8.12. The quantitative estimate of drug-likeness (QED) is 0.937. The topological polar surface area (TPSA) is 32.3 Å². The molecule has 1 aliphatic rings. The van der Waals surface area contributed by atoms with Crippen LogP contribution in [0.5, 0.6) is 0 Å². The van der Waals surface area contributed by atoms with Crippen LogP contribution in [0.2, 0.25) is 0 Å². The molecule has 0 bridgehead atoms. The molecule has 3 nitrogen and oxygen atoms in total. The standard InChI is InChI=1S/C18H24N2OS/c1-20(2)18(21)17-15(12-13-8-4-3-7-11-19-13)14-9-5-6-10-16(14)22-17/h5-6,9-10,13,19H,3-4,7-8,11-12H2,1-2H3/t13-/m1/s1. The maximum atomic E-state index is 12.6. The van der Waals surface area contributed by atoms with Crippen LogP contribution >= 0.6 is 11.3 Å². The zero-order valence-electron chi connectivity index (χ0n) is 13.4. The van der Waals surface area contributed by atoms with Crippen molar-refractivity contribution in [2.45, 2.75) is 38.1 Å². The molecular formula is C18H24N2OS. The van der Waals surface area contributed by atoms with Gasteiger partial charge in [-0.25, -0.2) is 0 Å². The maximum Gasteiger partial charge on any atom is 0.263 e. The highest BCUT2D eigenvalue weighted by atomic mass is 32.1. The number of hydrogen-bond acceptors (Lipinski definition) is 3. The molecule has 3 rings (SSSR count). The Morgan fingerprint density at radius 1 is 1.27 bits per heavy atom. The molecule has 22 heavy (non-hydrogen) atoms. The summed E-state index contributed by atoms with van der Waals surface area (Å²) < 4.78 is 1.22. The predicted molar refractivity (Wildman–Crippen MR) is 93.8 cm³/mol. The first-order valence-corrected chi connectivity index (χ1v) is 8.94. The van der Waals surface area contributed by atoms with Crippen molar-refractivity contribution in [3.63, 3.8) is 0 Å². The molecule has 4 heteroatoms. The number of carbonyl (C=O) groups excluding carboxylic acids is 1. The lowest BCUT2D eigenvalue weighted by molar-refractivity contribution is 0.0831. The summed E-state index contributed by atoms with van der Waals surface area (Å²) in [4.78, 5) is 15.2. The van der Waals surface area contributed by atoms with Crippen molar-refractivity contribution in [1.82, 2.24) is 10.2 Å². The summed E-state index contributed by atoms with van der Waals surface area (Å²) >= 11 is 1.64. The highest BCUT2D eigenvalue weighted by molar-refractivity contribution is 7.21. The highest BCUT2D eigenvalue weighted by Crippen LogP contribution is 2.33. The highest BCUT2D eigenvalue weighted by Gasteiger charge is 2.22. The van der Waals surface area contributed by atoms with Gasteiger partial charge in [0.25, 0.3) is 5.91 Å². The van der Waals surface area contributed by atoms with Crippen LogP contribution in [0.1, 0.15) is 40.9 Å². The van der Waals surface area contributed by atoms with E-state index in [0.29, 0.717) is 6.04 Å². The van der Waals surface area contributed by atoms with Crippen LogP contribution in [0.15, 0.2) is 24.3 Å². The van der Waals surface area contributed by atoms with E-state index in [1.54, 1.807) is 16.2 Å². The Kier molecular flexibility index (Phi) is 4.79. The summed E-state index contributed by atoms with van der Waals surface area (Å²) in [5, 5.41) is 4.91. The summed E-state index contributed by atoms with van der Waals surface area (Å²) in [5.41, 5.74) is 1.23. The van der Waals surface area contributed by atoms with Crippen LogP contribution in [0.4, 0.5) is 0 Å². The number of fused-ring (bicyclic) bond motifs is 1. The summed E-state index contributed by atoms with van der Waals surface area (Å²) in [6.07, 6.45) is 6.04. The summed E-state index contributed by atoms with van der Waals surface area (Å²) in [6.45, 7) is 1.10. The molecule has 1 saturated heterocycles. The minimum atomic E-state index is 0.129. The van der Waals surface area contributed by atoms with Gasteiger partial charge in [-0.3, -0.25) is 4.79 Å². The fourth-order valence-corrected chi connectivity index (χ4v) is 4.45. The smallest absolute Gasteiger partial charge is 0.263 e. The minimum absolute atomic E-state index is 0.129. The Morgan fingerprint density at radius 2 is 2.09 bits per heavy atom. The lowest BCUT2D eigenvalue weighted by Gasteiger charge is -2.17. The lowest BCUT2D eigenvalue weighted by Crippen LogP contribution is -2.31. The number of thiophene rings is 1. The van der Waals surface area contributed by atoms with Gasteiger partial charge in [0, 0.05) is 24.8 Å². The Labute approximate surface area is 136 Å². The fraction of sp³-hybridized carbons (Fsp3) is 0.500. The van der Waals surface area contributed by atoms with E-state index in [2.05, 4.69) is 29.6 Å². The van der Waals surface area contributed by atoms with Gasteiger partial charge in [-0.15, -0.1) is 11.3 Å². The van der Waals surface area contributed by atoms with Crippen molar-refractivity contribution >= 4 is 27.3 Å². The van der Waals surface area contributed by atoms with Crippen LogP contribution in [-0.4, -0.2) is 37.5 Å². The van der Waals surface area contributed by atoms with E-state index in [1.807, 2.05) is 14.1 Å². The first-order chi connectivity index (χ1) is 10.7. The van der Waals surface area contributed by atoms with E-state index in [4.69, 9.17) is 0 Å². The van der Waals surface area contributed by atoms with Crippen molar-refractivity contribution < 1.29 is 4.79 Å². The summed E-state index contributed by atoms with van der Waals surface area (Å²) in [7, 11) is 3.67. The molecule has 0 spiro atoms. The van der Waals surface area contributed by atoms with Gasteiger partial charge in [0.15, 0.2) is 0 Å². The zero-order valence-corrected chi connectivity index (χ0v) is 14.2. The number of amides is 1. The average Bonchev–Trinajstić information content (AvgIpc) is 2.69. The Balaban J connectivity index is 1.97. The largest absolute Gasteiger partial charge is 0.344 e. The third-order valence-electron chi connectivity index (χ3n) is 4.41. The second-order valence-corrected chi connectivity index (χ2v) is 7.36. The van der Waals surface area contributed by atoms with E-state index in [-0.39, 0.29) is 5.91 Å². The van der Waals surface area contributed by atoms with Gasteiger partial charge in [0.2, 0.25) is 0 Å². The van der Waals surface area contributed by atoms with Gasteiger partial charge in [-0.2, -0.15) is 0 Å². The van der Waals surface area contributed by atoms with Gasteiger partial charge in [-0.05, 0) is 42.8 Å². The van der Waals surface area contributed by atoms with Crippen LogP contribution in [0.3, 0.4) is 0 Å². The minimum Gasteiger partial charge on any atom is -0.344 e. The van der Waals surface area contributed by atoms with Gasteiger partial charge in [-0.1, -0.05) is 31.0 Å². The normalized spacial score (nSPS) is 19.1. The van der Waals surface area contributed by atoms with E-state index >= 15 is 0 Å². The second-order valence-electron chi connectivity index (χ2n) is 6.31. The van der Waals surface area contributed by atoms with Crippen LogP contribution < -0.4 is 5.32 Å². The van der Waals surface area contributed by atoms with Crippen molar-refractivity contribution in [3.8, 4) is 0 Å². The fourth-order valence-electron chi connectivity index (χ4n) is 3.20. The molecule has 2 heterocycles. The summed E-state index contributed by atoms with van der Waals surface area (Å²) in [5.74, 6) is 0.129. The maximum absolute atomic E-state index is 12.6. The Morgan fingerprint density at radius 3 is 2.91 bits per heavy atom. The molecule has 2 aromatic rings. The van der Waals surface area contributed by atoms with E-state index < -0.39 is 0 Å². The zero-order chi connectivity index (χ0) is 15.5. The Bertz CT molecular complexity index is 654. The number of rotatable bonds is 3. The number of nitrogens with one attached hydrogen (secondary N) is 1. The van der Waals surface area contributed by atoms with Crippen LogP contribution in [0.25, 0.3) is 10.1 Å². The molecule has 1 aliphatic heterocycles. The third-order valence-corrected chi connectivity index (χ3v) is 5.61. The molecule has 1 atom stereocenters. The molecule has 1 aromatic carbocycles. The van der Waals surface area contributed by atoms with Gasteiger partial charge >= 0.3 is 0 Å². The number of benzene rings is 1. The number of hydrogen-bond donors (Lipinski definition) is 1. The van der Waals surface area contributed by atoms with E-state index in [0.717, 1.165) is 17.8 Å². The molecule has 0 saturated carbocycles. The van der Waals surface area contributed by atoms with Gasteiger partial charge < -0.3 is 10.2 Å². The molecular weight excluding hydrogens is 292 g/mol. The van der Waals surface area contributed by atoms with Crippen LogP contribution in [0, 0.1) is 0 Å². The van der Waals surface area contributed by atoms with Crippen molar-refractivity contribution in [1.29, 1.82) is 0 Å². The first kappa shape index (κ1) is 15.5. The molecule has 1 N–H and O–H groups in total. The molecule has 1 aromatic heterocycles. The molecule has 0 radical (unpaired) electrons. The summed E-state index contributed by atoms with van der Waals surface area (Å²) in [6, 6.07) is 8.90. The molecule has 1 fully saturated rings. The average molecular weight is 316 g/mol. The SMILES string of the molecule is CN(C)C(=O)c1sc2ccccc2c1C[C@H]1CCCCCN1. The second kappa shape index (κ2) is 6.80. The Hall–Kier alpha value is -1.39. The molecule has 118 valence electrons. The molecule has 0 aliphatic carbocycles. The van der Waals surface area contributed by atoms with Gasteiger partial charge in [0.1, 0.15) is 0 Å². The molecule has 0 unspecified atom stereocenters. The van der Waals surface area contributed by atoms with Crippen molar-refractivity contribution in [3.05, 3.63) is 34.7 Å². The monoisotopic (exact) mass is 316 g/mol. The van der Waals surface area contributed by atoms with Crippen molar-refractivity contribution in [2.75, 3.05) is 20.6 Å². The third kappa shape index (κ3) is 3.18. The van der Waals surface area contributed by atoms with E-state index in [1.165, 1.54) is 41.3 Å².